The van der Waals surface area contributed by atoms with Crippen LogP contribution in [0.15, 0.2) is 48.5 Å². The topological polar surface area (TPSA) is 128 Å². The Morgan fingerprint density at radius 2 is 1.72 bits per heavy atom. The van der Waals surface area contributed by atoms with Gasteiger partial charge in [-0.05, 0) is 24.3 Å². The summed E-state index contributed by atoms with van der Waals surface area (Å²) in [6, 6.07) is 14.3. The predicted octanol–water partition coefficient (Wildman–Crippen LogP) is 2.75. The van der Waals surface area contributed by atoms with E-state index in [1.807, 2.05) is 29.2 Å². The van der Waals surface area contributed by atoms with Crippen LogP contribution in [0.1, 0.15) is 29.3 Å². The van der Waals surface area contributed by atoms with E-state index in [1.54, 1.807) is 36.3 Å². The Morgan fingerprint density at radius 3 is 2.31 bits per heavy atom. The molecule has 10 nitrogen and oxygen atoms in total. The number of benzene rings is 2. The van der Waals surface area contributed by atoms with Crippen LogP contribution in [0.2, 0.25) is 0 Å². The standard InChI is InChI=1S/C24H30N4O4.C2HF3O2/c1-18(29)26-21-8-5-7-19(16-21)24(31)28(17-20-6-3-4-9-22(20)32-2)13-10-23(30)27-14-11-25-12-15-27;3-2(4,5)1(6)7/h3-9,16,25H,10-15,17H2,1-2H3,(H,26,29);(H,6,7). The fraction of sp³-hybridized carbons (Fsp3) is 0.385. The van der Waals surface area contributed by atoms with Gasteiger partial charge in [-0.1, -0.05) is 24.3 Å². The number of carbonyl (C=O) groups is 4. The maximum Gasteiger partial charge on any atom is 0.490 e. The fourth-order valence-electron chi connectivity index (χ4n) is 3.71. The summed E-state index contributed by atoms with van der Waals surface area (Å²) in [6.45, 7) is 4.93. The lowest BCUT2D eigenvalue weighted by Crippen LogP contribution is -2.47. The number of ether oxygens (including phenoxy) is 1. The molecule has 0 bridgehead atoms. The number of halogens is 3. The smallest absolute Gasteiger partial charge is 0.490 e. The molecule has 39 heavy (non-hydrogen) atoms. The monoisotopic (exact) mass is 552 g/mol. The number of carboxylic acids is 1. The Bertz CT molecular complexity index is 1150. The lowest BCUT2D eigenvalue weighted by Gasteiger charge is -2.29. The van der Waals surface area contributed by atoms with E-state index in [9.17, 15) is 27.6 Å². The summed E-state index contributed by atoms with van der Waals surface area (Å²) in [5, 5.41) is 13.1. The van der Waals surface area contributed by atoms with Crippen molar-refractivity contribution in [2.24, 2.45) is 0 Å². The highest BCUT2D eigenvalue weighted by Crippen LogP contribution is 2.22. The fourth-order valence-corrected chi connectivity index (χ4v) is 3.71. The number of rotatable bonds is 8. The van der Waals surface area contributed by atoms with Gasteiger partial charge in [-0.15, -0.1) is 0 Å². The summed E-state index contributed by atoms with van der Waals surface area (Å²) in [5.74, 6) is -2.45. The number of anilines is 1. The lowest BCUT2D eigenvalue weighted by molar-refractivity contribution is -0.192. The molecular weight excluding hydrogens is 521 g/mol. The van der Waals surface area contributed by atoms with Gasteiger partial charge in [0.1, 0.15) is 5.75 Å². The van der Waals surface area contributed by atoms with Crippen LogP contribution >= 0.6 is 0 Å². The third-order valence-corrected chi connectivity index (χ3v) is 5.58. The molecule has 212 valence electrons. The quantitative estimate of drug-likeness (QED) is 0.460. The highest BCUT2D eigenvalue weighted by atomic mass is 19.4. The highest BCUT2D eigenvalue weighted by molar-refractivity contribution is 5.97. The summed E-state index contributed by atoms with van der Waals surface area (Å²) in [4.78, 5) is 49.9. The molecule has 0 spiro atoms. The average molecular weight is 553 g/mol. The van der Waals surface area contributed by atoms with Gasteiger partial charge in [-0.3, -0.25) is 14.4 Å². The van der Waals surface area contributed by atoms with Crippen molar-refractivity contribution in [3.63, 3.8) is 0 Å². The number of carboxylic acid groups (broad SMARTS) is 1. The van der Waals surface area contributed by atoms with Crippen molar-refractivity contribution in [1.82, 2.24) is 15.1 Å². The zero-order valence-electron chi connectivity index (χ0n) is 21.6. The molecule has 1 aliphatic rings. The number of piperazine rings is 1. The Labute approximate surface area is 223 Å². The zero-order chi connectivity index (χ0) is 29.0. The first-order valence-corrected chi connectivity index (χ1v) is 12.0. The van der Waals surface area contributed by atoms with E-state index in [4.69, 9.17) is 14.6 Å². The molecule has 0 atom stereocenters. The third-order valence-electron chi connectivity index (χ3n) is 5.58. The molecule has 1 heterocycles. The van der Waals surface area contributed by atoms with E-state index in [1.165, 1.54) is 6.92 Å². The van der Waals surface area contributed by atoms with Crippen LogP contribution < -0.4 is 15.4 Å². The third kappa shape index (κ3) is 10.3. The van der Waals surface area contributed by atoms with E-state index in [0.29, 0.717) is 36.6 Å². The first kappa shape index (κ1) is 31.1. The molecule has 0 aromatic heterocycles. The summed E-state index contributed by atoms with van der Waals surface area (Å²) >= 11 is 0. The van der Waals surface area contributed by atoms with Crippen LogP contribution in [-0.4, -0.2) is 84.6 Å². The number of alkyl halides is 3. The predicted molar refractivity (Wildman–Crippen MR) is 136 cm³/mol. The Kier molecular flexibility index (Phi) is 11.7. The molecule has 3 amide bonds. The minimum Gasteiger partial charge on any atom is -0.496 e. The molecule has 2 aromatic carbocycles. The van der Waals surface area contributed by atoms with E-state index in [2.05, 4.69) is 10.6 Å². The zero-order valence-corrected chi connectivity index (χ0v) is 21.6. The van der Waals surface area contributed by atoms with Gasteiger partial charge in [0.15, 0.2) is 0 Å². The van der Waals surface area contributed by atoms with Crippen LogP contribution in [0, 0.1) is 0 Å². The number of hydrogen-bond acceptors (Lipinski definition) is 6. The van der Waals surface area contributed by atoms with Crippen LogP contribution in [0.4, 0.5) is 18.9 Å². The van der Waals surface area contributed by atoms with Crippen LogP contribution in [-0.2, 0) is 20.9 Å². The summed E-state index contributed by atoms with van der Waals surface area (Å²) in [5.41, 5.74) is 1.86. The molecule has 3 N–H and O–H groups in total. The van der Waals surface area contributed by atoms with E-state index >= 15 is 0 Å². The van der Waals surface area contributed by atoms with Gasteiger partial charge in [0.25, 0.3) is 5.91 Å². The molecule has 13 heteroatoms. The van der Waals surface area contributed by atoms with Gasteiger partial charge in [0, 0.05) is 69.4 Å². The second-order valence-corrected chi connectivity index (χ2v) is 8.48. The number of carbonyl (C=O) groups excluding carboxylic acids is 3. The van der Waals surface area contributed by atoms with Gasteiger partial charge in [0.2, 0.25) is 11.8 Å². The second kappa shape index (κ2) is 14.7. The van der Waals surface area contributed by atoms with Crippen molar-refractivity contribution < 1.29 is 42.2 Å². The second-order valence-electron chi connectivity index (χ2n) is 8.48. The molecule has 1 saturated heterocycles. The number of nitrogens with zero attached hydrogens (tertiary/aromatic N) is 2. The Balaban J connectivity index is 0.000000673. The summed E-state index contributed by atoms with van der Waals surface area (Å²) in [7, 11) is 1.59. The van der Waals surface area contributed by atoms with Gasteiger partial charge < -0.3 is 30.3 Å². The molecule has 0 aliphatic carbocycles. The maximum absolute atomic E-state index is 13.4. The van der Waals surface area contributed by atoms with Crippen molar-refractivity contribution in [2.45, 2.75) is 26.1 Å². The largest absolute Gasteiger partial charge is 0.496 e. The van der Waals surface area contributed by atoms with Crippen molar-refractivity contribution in [3.8, 4) is 5.75 Å². The molecule has 1 aliphatic heterocycles. The number of amides is 3. The Hall–Kier alpha value is -4.13. The van der Waals surface area contributed by atoms with E-state index in [-0.39, 0.29) is 30.7 Å². The maximum atomic E-state index is 13.4. The highest BCUT2D eigenvalue weighted by Gasteiger charge is 2.38. The van der Waals surface area contributed by atoms with Gasteiger partial charge in [-0.2, -0.15) is 13.2 Å². The lowest BCUT2D eigenvalue weighted by atomic mass is 10.1. The van der Waals surface area contributed by atoms with Gasteiger partial charge in [0.05, 0.1) is 7.11 Å². The van der Waals surface area contributed by atoms with Crippen LogP contribution in [0.5, 0.6) is 5.75 Å². The van der Waals surface area contributed by atoms with Crippen LogP contribution in [0.3, 0.4) is 0 Å². The molecule has 1 fully saturated rings. The first-order valence-electron chi connectivity index (χ1n) is 12.0. The van der Waals surface area contributed by atoms with Crippen molar-refractivity contribution in [3.05, 3.63) is 59.7 Å². The average Bonchev–Trinajstić information content (AvgIpc) is 2.90. The molecule has 0 radical (unpaired) electrons. The van der Waals surface area contributed by atoms with Crippen molar-refractivity contribution in [2.75, 3.05) is 45.2 Å². The minimum absolute atomic E-state index is 0.0383. The van der Waals surface area contributed by atoms with Gasteiger partial charge >= 0.3 is 12.1 Å². The molecule has 3 rings (SSSR count). The Morgan fingerprint density at radius 1 is 1.08 bits per heavy atom. The van der Waals surface area contributed by atoms with Crippen molar-refractivity contribution in [1.29, 1.82) is 0 Å². The minimum atomic E-state index is -5.08. The molecule has 0 unspecified atom stereocenters. The first-order chi connectivity index (χ1) is 18.4. The van der Waals surface area contributed by atoms with Gasteiger partial charge in [-0.25, -0.2) is 4.79 Å². The normalized spacial score (nSPS) is 13.0. The SMILES string of the molecule is COc1ccccc1CN(CCC(=O)N1CCNCC1)C(=O)c1cccc(NC(C)=O)c1.O=C(O)C(F)(F)F. The number of hydrogen-bond donors (Lipinski definition) is 3. The molecule has 0 saturated carbocycles. The number of nitrogens with one attached hydrogen (secondary N) is 2. The number of methoxy groups -OCH3 is 1. The summed E-state index contributed by atoms with van der Waals surface area (Å²) < 4.78 is 37.2. The van der Waals surface area contributed by atoms with E-state index in [0.717, 1.165) is 18.7 Å². The molecular formula is C26H31F3N4O6. The number of aliphatic carboxylic acids is 1. The summed E-state index contributed by atoms with van der Waals surface area (Å²) in [6.07, 6.45) is -4.84. The van der Waals surface area contributed by atoms with Crippen molar-refractivity contribution >= 4 is 29.4 Å². The van der Waals surface area contributed by atoms with E-state index < -0.39 is 12.1 Å². The van der Waals surface area contributed by atoms with Crippen LogP contribution in [0.25, 0.3) is 0 Å². The number of para-hydroxylation sites is 1. The molecule has 2 aromatic rings.